The number of carbonyl (C=O) groups is 7. The van der Waals surface area contributed by atoms with Crippen molar-refractivity contribution >= 4 is 131 Å². The number of nitrogens with two attached hydrogens (primary N) is 1. The predicted molar refractivity (Wildman–Crippen MR) is 388 cm³/mol. The number of hydrogen-bond donors (Lipinski definition) is 6. The molecule has 6 fully saturated rings. The molecular formula is C69H86Cl2N12O14S4. The minimum absolute atomic E-state index is 0. The fourth-order valence-electron chi connectivity index (χ4n) is 12.2. The second-order valence-corrected chi connectivity index (χ2v) is 35.1. The Balaban J connectivity index is 0.000000233. The van der Waals surface area contributed by atoms with Crippen molar-refractivity contribution in [3.63, 3.8) is 0 Å². The van der Waals surface area contributed by atoms with E-state index in [0.717, 1.165) is 9.75 Å². The first-order valence-electron chi connectivity index (χ1n) is 32.9. The summed E-state index contributed by atoms with van der Waals surface area (Å²) in [5.41, 5.74) is 4.71. The molecule has 2 aromatic carbocycles. The number of likely N-dealkylation sites (tertiary alicyclic amines) is 2. The van der Waals surface area contributed by atoms with Crippen LogP contribution in [-0.2, 0) is 53.6 Å². The maximum atomic E-state index is 14.6. The number of alkyl carbamates (subject to hydrolysis) is 1. The van der Waals surface area contributed by atoms with Crippen molar-refractivity contribution in [1.82, 2.24) is 55.1 Å². The van der Waals surface area contributed by atoms with E-state index in [-0.39, 0.29) is 75.3 Å². The maximum absolute atomic E-state index is 14.6. The van der Waals surface area contributed by atoms with Gasteiger partial charge in [0.1, 0.15) is 58.4 Å². The van der Waals surface area contributed by atoms with Gasteiger partial charge < -0.3 is 45.7 Å². The van der Waals surface area contributed by atoms with E-state index >= 15 is 0 Å². The van der Waals surface area contributed by atoms with Crippen molar-refractivity contribution in [2.24, 2.45) is 28.4 Å². The van der Waals surface area contributed by atoms with E-state index in [4.69, 9.17) is 39.9 Å². The summed E-state index contributed by atoms with van der Waals surface area (Å²) in [6.07, 6.45) is 3.08. The third-order valence-corrected chi connectivity index (χ3v) is 23.7. The first-order chi connectivity index (χ1) is 46.5. The molecule has 10 atom stereocenters. The summed E-state index contributed by atoms with van der Waals surface area (Å²) in [4.78, 5) is 120. The lowest BCUT2D eigenvalue weighted by molar-refractivity contribution is -0.143. The number of para-hydroxylation sites is 4. The minimum atomic E-state index is -3.91. The summed E-state index contributed by atoms with van der Waals surface area (Å²) < 4.78 is 73.3. The van der Waals surface area contributed by atoms with Crippen LogP contribution in [0.4, 0.5) is 4.79 Å². The number of hydrogen-bond acceptors (Lipinski definition) is 21. The molecule has 4 aromatic heterocycles. The number of ether oxygens (including phenoxy) is 3. The van der Waals surface area contributed by atoms with Crippen molar-refractivity contribution in [1.29, 1.82) is 0 Å². The SMILES string of the molecule is C=C[C@@H]1C[C@]1(NC(=O)[C@@H]1C[C@@H](Oc2nc3ccccc3nc2-c2cccs2)CN1C(=O)[C@@H](N)C(C)(C)C)C(=O)NS(=O)(=O)C1CC1.C=C[C@@H]1C[C@]1(NC(=O)[C@@H]1C[C@@H](Oc2nc3ccccc3nc2-c2cccs2)CN1C(=O)[C@@H](NC(=O)OC(C)(C)C)C(C)(C)C)C(=O)NS(=O)(=O)C1CC1.Cl.Cl. The van der Waals surface area contributed by atoms with Gasteiger partial charge in [0, 0.05) is 24.7 Å². The van der Waals surface area contributed by atoms with Crippen LogP contribution in [0.3, 0.4) is 0 Å². The van der Waals surface area contributed by atoms with E-state index in [2.05, 4.69) is 38.6 Å². The topological polar surface area (TPSA) is 360 Å². The van der Waals surface area contributed by atoms with Crippen LogP contribution in [0.25, 0.3) is 43.2 Å². The first kappa shape index (κ1) is 77.3. The number of fused-ring (bicyclic) bond motifs is 2. The number of sulfonamides is 2. The molecule has 4 aliphatic carbocycles. The van der Waals surface area contributed by atoms with Crippen LogP contribution in [-0.4, -0.2) is 165 Å². The van der Waals surface area contributed by atoms with Gasteiger partial charge >= 0.3 is 6.09 Å². The van der Waals surface area contributed by atoms with Crippen LogP contribution >= 0.6 is 47.5 Å². The zero-order valence-corrected chi connectivity index (χ0v) is 62.3. The fraction of sp³-hybridized carbons (Fsp3) is 0.493. The van der Waals surface area contributed by atoms with Crippen molar-refractivity contribution < 1.29 is 64.6 Å². The van der Waals surface area contributed by atoms with Crippen LogP contribution < -0.4 is 40.6 Å². The van der Waals surface area contributed by atoms with Crippen LogP contribution in [0.5, 0.6) is 11.8 Å². The molecule has 2 saturated heterocycles. The molecule has 7 amide bonds. The molecule has 26 nitrogen and oxygen atoms in total. The Kier molecular flexibility index (Phi) is 22.6. The Labute approximate surface area is 607 Å². The summed E-state index contributed by atoms with van der Waals surface area (Å²) in [7, 11) is -7.76. The fourth-order valence-corrected chi connectivity index (χ4v) is 16.3. The van der Waals surface area contributed by atoms with Gasteiger partial charge in [-0.3, -0.25) is 38.2 Å². The van der Waals surface area contributed by atoms with Gasteiger partial charge in [0.2, 0.25) is 55.4 Å². The summed E-state index contributed by atoms with van der Waals surface area (Å²) in [6.45, 7) is 23.5. The molecule has 0 unspecified atom stereocenters. The quantitative estimate of drug-likeness (QED) is 0.0373. The van der Waals surface area contributed by atoms with Crippen molar-refractivity contribution in [3.8, 4) is 32.9 Å². The summed E-state index contributed by atoms with van der Waals surface area (Å²) >= 11 is 2.94. The number of carbonyl (C=O) groups excluding carboxylic acids is 7. The molecule has 0 bridgehead atoms. The van der Waals surface area contributed by atoms with Gasteiger partial charge in [-0.15, -0.1) is 60.6 Å². The lowest BCUT2D eigenvalue weighted by Gasteiger charge is -2.36. The molecule has 6 aliphatic rings. The summed E-state index contributed by atoms with van der Waals surface area (Å²) in [5.74, 6) is -4.45. The monoisotopic (exact) mass is 1500 g/mol. The molecule has 6 aromatic rings. The lowest BCUT2D eigenvalue weighted by atomic mass is 9.85. The van der Waals surface area contributed by atoms with Gasteiger partial charge in [-0.25, -0.2) is 41.6 Å². The van der Waals surface area contributed by atoms with Crippen molar-refractivity contribution in [2.45, 2.75) is 177 Å². The highest BCUT2D eigenvalue weighted by molar-refractivity contribution is 7.91. The van der Waals surface area contributed by atoms with Gasteiger partial charge in [-0.05, 0) is 117 Å². The van der Waals surface area contributed by atoms with Gasteiger partial charge in [-0.2, -0.15) is 0 Å². The number of nitrogens with zero attached hydrogens (tertiary/aromatic N) is 6. The number of rotatable bonds is 21. The smallest absolute Gasteiger partial charge is 0.408 e. The zero-order valence-electron chi connectivity index (χ0n) is 57.4. The summed E-state index contributed by atoms with van der Waals surface area (Å²) in [6, 6.07) is 18.1. The number of benzene rings is 2. The van der Waals surface area contributed by atoms with Gasteiger partial charge in [-0.1, -0.05) is 90.1 Å². The number of nitrogens with one attached hydrogen (secondary N) is 5. The number of aromatic nitrogens is 4. The average Bonchev–Trinajstić information content (AvgIpc) is 1.58. The average molecular weight is 1510 g/mol. The van der Waals surface area contributed by atoms with E-state index in [9.17, 15) is 50.4 Å². The normalized spacial score (nSPS) is 23.8. The highest BCUT2D eigenvalue weighted by Crippen LogP contribution is 2.48. The van der Waals surface area contributed by atoms with E-state index in [1.165, 1.54) is 44.6 Å². The van der Waals surface area contributed by atoms with Crippen LogP contribution in [0.2, 0.25) is 0 Å². The van der Waals surface area contributed by atoms with Crippen LogP contribution in [0, 0.1) is 22.7 Å². The van der Waals surface area contributed by atoms with Crippen LogP contribution in [0.1, 0.15) is 114 Å². The van der Waals surface area contributed by atoms with Crippen molar-refractivity contribution in [2.75, 3.05) is 13.1 Å². The minimum Gasteiger partial charge on any atom is -0.471 e. The van der Waals surface area contributed by atoms with Gasteiger partial charge in [0.05, 0.1) is 61.5 Å². The molecule has 7 N–H and O–H groups in total. The Morgan fingerprint density at radius 1 is 0.584 bits per heavy atom. The van der Waals surface area contributed by atoms with E-state index < -0.39 is 148 Å². The zero-order chi connectivity index (χ0) is 71.5. The third kappa shape index (κ3) is 17.1. The Morgan fingerprint density at radius 2 is 0.970 bits per heavy atom. The molecule has 101 heavy (non-hydrogen) atoms. The maximum Gasteiger partial charge on any atom is 0.408 e. The standard InChI is InChI=1S/C37H46N6O8S2.C32H38N6O6S2.2ClH/c1-8-21-19-37(21,33(46)42-53(48,49)23-15-16-23)41-30(44)26-18-22(20-43(26)32(45)29(35(2,3)4)40-34(47)51-36(5,6)7)50-31-28(27-14-11-17-52-27)38-24-12-9-10-13-25(24)39-31;1-5-18-16-32(18,30(41)37-46(42,43)20-12-13-20)36-27(39)23-15-19(17-38(23)29(40)26(33)31(2,3)4)44-28-25(24-11-8-14-45-24)34-21-9-6-7-10-22(21)35-28;;/h8-14,17,21-23,26,29H,1,15-16,18-20H2,2-7H3,(H,40,47)(H,41,44)(H,42,46);5-11,14,18-20,23,26H,1,12-13,15-17,33H2,2-4H3,(H,36,39)(H,37,41);2*1H/t21-,22-,26+,29-,37-;18-,19-,23+,26-,32-;;/m11../s1. The molecule has 4 saturated carbocycles. The van der Waals surface area contributed by atoms with E-state index in [1.807, 2.05) is 104 Å². The molecule has 6 heterocycles. The Morgan fingerprint density at radius 3 is 1.30 bits per heavy atom. The first-order valence-corrected chi connectivity index (χ1v) is 37.7. The number of halogens is 2. The molecule has 0 spiro atoms. The second-order valence-electron chi connectivity index (χ2n) is 29.3. The predicted octanol–water partition coefficient (Wildman–Crippen LogP) is 7.91. The van der Waals surface area contributed by atoms with E-state index in [0.29, 0.717) is 59.1 Å². The Hall–Kier alpha value is -7.87. The highest BCUT2D eigenvalue weighted by atomic mass is 35.5. The molecule has 32 heteroatoms. The Bertz CT molecular complexity index is 4410. The van der Waals surface area contributed by atoms with Gasteiger partial charge in [0.15, 0.2) is 0 Å². The lowest BCUT2D eigenvalue weighted by Crippen LogP contribution is -2.60. The second kappa shape index (κ2) is 29.5. The molecular weight excluding hydrogens is 1420 g/mol. The molecule has 0 radical (unpaired) electrons. The number of amides is 7. The van der Waals surface area contributed by atoms with E-state index in [1.54, 1.807) is 41.5 Å². The summed E-state index contributed by atoms with van der Waals surface area (Å²) in [5, 5.41) is 10.9. The molecule has 544 valence electrons. The van der Waals surface area contributed by atoms with Gasteiger partial charge in [0.25, 0.3) is 11.8 Å². The van der Waals surface area contributed by atoms with Crippen LogP contribution in [0.15, 0.2) is 109 Å². The highest BCUT2D eigenvalue weighted by Gasteiger charge is 2.64. The molecule has 12 rings (SSSR count). The number of thiophene rings is 2. The third-order valence-electron chi connectivity index (χ3n) is 18.3. The van der Waals surface area contributed by atoms with Crippen molar-refractivity contribution in [3.05, 3.63) is 109 Å². The largest absolute Gasteiger partial charge is 0.471 e. The molecule has 2 aliphatic heterocycles.